The first kappa shape index (κ1) is 40.0. The van der Waals surface area contributed by atoms with Gasteiger partial charge in [-0.15, -0.1) is 0 Å². The number of sulfonamides is 1. The molecule has 3 saturated carbocycles. The molecular formula is C39H49F2N5O9S. The van der Waals surface area contributed by atoms with Crippen molar-refractivity contribution in [3.8, 4) is 5.88 Å². The molecule has 3 heterocycles. The van der Waals surface area contributed by atoms with Gasteiger partial charge in [0.05, 0.1) is 47.0 Å². The first-order chi connectivity index (χ1) is 26.4. The molecule has 2 bridgehead atoms. The summed E-state index contributed by atoms with van der Waals surface area (Å²) in [6.07, 6.45) is 1.49. The standard InChI is InChI=1S/C39H49F2N5O9S/c1-5-22-19-38(22,35(49)45-56(51,52)24-14-15-24)20-28(47)27-18-23-21-46(27)34(48)32(37(2,3)4)44-36(50)55-30-13-8-12-29(30)53-17-9-16-39(40,41)31-33(54-23)43-26-11-7-6-10-25(26)42-31/h6-7,9-11,16,22-24,27,29-30,32H,5,8,12-15,17-21H2,1-4H3,(H,44,50)(H,45,49)/b16-9+/t22-,23-,27+,29-,30-,32-,38-/m1/s1. The molecular weight excluding hydrogens is 753 g/mol. The summed E-state index contributed by atoms with van der Waals surface area (Å²) in [5, 5.41) is 2.07. The third-order valence-electron chi connectivity index (χ3n) is 11.7. The molecule has 4 fully saturated rings. The quantitative estimate of drug-likeness (QED) is 0.370. The number of hydrogen-bond donors (Lipinski definition) is 2. The van der Waals surface area contributed by atoms with E-state index in [-0.39, 0.29) is 49.4 Å². The predicted molar refractivity (Wildman–Crippen MR) is 198 cm³/mol. The minimum absolute atomic E-state index is 0.159. The van der Waals surface area contributed by atoms with Gasteiger partial charge in [0, 0.05) is 12.8 Å². The van der Waals surface area contributed by atoms with E-state index in [2.05, 4.69) is 20.0 Å². The summed E-state index contributed by atoms with van der Waals surface area (Å²) in [7, 11) is -3.90. The molecule has 17 heteroatoms. The second-order valence-corrected chi connectivity index (χ2v) is 18.8. The van der Waals surface area contributed by atoms with Crippen LogP contribution in [0.5, 0.6) is 5.88 Å². The number of carbonyl (C=O) groups is 4. The Morgan fingerprint density at radius 3 is 2.39 bits per heavy atom. The van der Waals surface area contributed by atoms with Gasteiger partial charge in [-0.1, -0.05) is 52.3 Å². The molecule has 14 nitrogen and oxygen atoms in total. The Morgan fingerprint density at radius 1 is 1.04 bits per heavy atom. The number of alkyl carbamates (subject to hydrolysis) is 1. The summed E-state index contributed by atoms with van der Waals surface area (Å²) < 4.78 is 77.7. The number of halogens is 2. The lowest BCUT2D eigenvalue weighted by Crippen LogP contribution is -2.57. The highest BCUT2D eigenvalue weighted by Crippen LogP contribution is 2.58. The molecule has 2 aromatic rings. The lowest BCUT2D eigenvalue weighted by atomic mass is 9.85. The lowest BCUT2D eigenvalue weighted by Gasteiger charge is -2.35. The highest BCUT2D eigenvalue weighted by atomic mass is 32.2. The monoisotopic (exact) mass is 801 g/mol. The minimum atomic E-state index is -3.90. The third-order valence-corrected chi connectivity index (χ3v) is 13.5. The van der Waals surface area contributed by atoms with Crippen molar-refractivity contribution in [1.82, 2.24) is 24.9 Å². The van der Waals surface area contributed by atoms with Gasteiger partial charge >= 0.3 is 12.0 Å². The van der Waals surface area contributed by atoms with Gasteiger partial charge in [-0.05, 0) is 68.1 Å². The van der Waals surface area contributed by atoms with Crippen molar-refractivity contribution in [2.24, 2.45) is 16.7 Å². The number of alkyl halides is 2. The SMILES string of the molecule is CC[C@@H]1C[C@]1(CC(=O)[C@@H]1C[C@@H]2CN1C(=O)[C@H](C(C)(C)C)NC(=O)O[C@@H]1CCC[C@H]1OC/C=C/C(F)(F)c1nc3ccccc3nc1O2)C(=O)NS(=O)(=O)C1CC1. The number of benzene rings is 1. The van der Waals surface area contributed by atoms with Crippen molar-refractivity contribution in [2.45, 2.75) is 127 Å². The molecule has 304 valence electrons. The van der Waals surface area contributed by atoms with E-state index in [4.69, 9.17) is 14.2 Å². The summed E-state index contributed by atoms with van der Waals surface area (Å²) in [6, 6.07) is 4.04. The van der Waals surface area contributed by atoms with Crippen molar-refractivity contribution in [1.29, 1.82) is 0 Å². The van der Waals surface area contributed by atoms with Gasteiger partial charge in [0.2, 0.25) is 27.7 Å². The average Bonchev–Trinajstić information content (AvgIpc) is 4.03. The van der Waals surface area contributed by atoms with E-state index >= 15 is 8.78 Å². The number of amides is 3. The molecule has 1 aromatic heterocycles. The molecule has 2 aliphatic heterocycles. The van der Waals surface area contributed by atoms with Gasteiger partial charge in [0.25, 0.3) is 0 Å². The lowest BCUT2D eigenvalue weighted by molar-refractivity contribution is -0.142. The van der Waals surface area contributed by atoms with E-state index in [1.165, 1.54) is 11.0 Å². The van der Waals surface area contributed by atoms with Crippen LogP contribution in [-0.4, -0.2) is 95.8 Å². The van der Waals surface area contributed by atoms with Crippen LogP contribution in [0.15, 0.2) is 36.4 Å². The molecule has 0 radical (unpaired) electrons. The number of carbonyl (C=O) groups excluding carboxylic acids is 4. The number of allylic oxidation sites excluding steroid dienone is 1. The number of rotatable bonds is 7. The number of nitrogens with one attached hydrogen (secondary N) is 2. The number of hydrogen-bond acceptors (Lipinski definition) is 11. The highest BCUT2D eigenvalue weighted by Gasteiger charge is 2.62. The van der Waals surface area contributed by atoms with Crippen LogP contribution in [0.25, 0.3) is 11.0 Å². The number of fused-ring (bicyclic) bond motifs is 5. The Kier molecular flexibility index (Phi) is 10.6. The topological polar surface area (TPSA) is 183 Å². The molecule has 2 N–H and O–H groups in total. The first-order valence-electron chi connectivity index (χ1n) is 19.4. The van der Waals surface area contributed by atoms with Crippen molar-refractivity contribution in [3.05, 3.63) is 42.1 Å². The molecule has 56 heavy (non-hydrogen) atoms. The Bertz CT molecular complexity index is 2040. The Hall–Kier alpha value is -4.25. The Labute approximate surface area is 324 Å². The van der Waals surface area contributed by atoms with E-state index in [0.717, 1.165) is 0 Å². The first-order valence-corrected chi connectivity index (χ1v) is 20.9. The molecule has 5 aliphatic rings. The van der Waals surface area contributed by atoms with Crippen molar-refractivity contribution in [3.63, 3.8) is 0 Å². The molecule has 1 aromatic carbocycles. The predicted octanol–water partition coefficient (Wildman–Crippen LogP) is 4.70. The number of nitrogens with zero attached hydrogens (tertiary/aromatic N) is 3. The number of aromatic nitrogens is 2. The largest absolute Gasteiger partial charge is 0.471 e. The summed E-state index contributed by atoms with van der Waals surface area (Å²) in [4.78, 5) is 66.1. The second kappa shape index (κ2) is 14.9. The normalized spacial score (nSPS) is 31.5. The van der Waals surface area contributed by atoms with Gasteiger partial charge in [0.15, 0.2) is 11.5 Å². The number of ketones is 1. The van der Waals surface area contributed by atoms with Gasteiger partial charge in [-0.3, -0.25) is 19.1 Å². The van der Waals surface area contributed by atoms with E-state index in [9.17, 15) is 27.6 Å². The zero-order valence-corrected chi connectivity index (χ0v) is 32.8. The van der Waals surface area contributed by atoms with Crippen LogP contribution in [0.3, 0.4) is 0 Å². The van der Waals surface area contributed by atoms with E-state index in [1.807, 2.05) is 6.92 Å². The van der Waals surface area contributed by atoms with Crippen molar-refractivity contribution in [2.75, 3.05) is 13.2 Å². The van der Waals surface area contributed by atoms with Crippen LogP contribution >= 0.6 is 0 Å². The van der Waals surface area contributed by atoms with Crippen LogP contribution in [0.2, 0.25) is 0 Å². The number of Topliss-reactive ketones (excluding diaryl/α,β-unsaturated/α-hetero) is 1. The van der Waals surface area contributed by atoms with Crippen LogP contribution < -0.4 is 14.8 Å². The fourth-order valence-electron chi connectivity index (χ4n) is 8.26. The van der Waals surface area contributed by atoms with Crippen LogP contribution in [0, 0.1) is 16.7 Å². The molecule has 0 unspecified atom stereocenters. The summed E-state index contributed by atoms with van der Waals surface area (Å²) in [6.45, 7) is 6.62. The summed E-state index contributed by atoms with van der Waals surface area (Å²) in [5.41, 5.74) is -2.48. The zero-order chi connectivity index (χ0) is 40.2. The molecule has 0 spiro atoms. The fourth-order valence-corrected chi connectivity index (χ4v) is 9.65. The molecule has 1 saturated heterocycles. The average molecular weight is 802 g/mol. The van der Waals surface area contributed by atoms with Gasteiger partial charge in [-0.25, -0.2) is 23.2 Å². The molecule has 7 rings (SSSR count). The van der Waals surface area contributed by atoms with Crippen molar-refractivity contribution < 1.29 is 50.6 Å². The van der Waals surface area contributed by atoms with Crippen molar-refractivity contribution >= 4 is 44.7 Å². The van der Waals surface area contributed by atoms with Gasteiger partial charge < -0.3 is 24.4 Å². The van der Waals surface area contributed by atoms with Crippen LogP contribution in [0.1, 0.15) is 91.2 Å². The fraction of sp³-hybridized carbons (Fsp3) is 0.641. The molecule has 3 aliphatic carbocycles. The third kappa shape index (κ3) is 8.11. The maximum Gasteiger partial charge on any atom is 0.408 e. The van der Waals surface area contributed by atoms with Crippen LogP contribution in [-0.2, 0) is 39.8 Å². The number of ether oxygens (including phenoxy) is 3. The minimum Gasteiger partial charge on any atom is -0.471 e. The summed E-state index contributed by atoms with van der Waals surface area (Å²) in [5.74, 6) is -6.35. The molecule has 3 amide bonds. The summed E-state index contributed by atoms with van der Waals surface area (Å²) >= 11 is 0. The van der Waals surface area contributed by atoms with E-state index in [1.54, 1.807) is 45.0 Å². The maximum atomic E-state index is 16.1. The zero-order valence-electron chi connectivity index (χ0n) is 32.0. The van der Waals surface area contributed by atoms with E-state index in [0.29, 0.717) is 44.6 Å². The van der Waals surface area contributed by atoms with E-state index < -0.39 is 97.7 Å². The van der Waals surface area contributed by atoms with Crippen LogP contribution in [0.4, 0.5) is 13.6 Å². The maximum absolute atomic E-state index is 16.1. The smallest absolute Gasteiger partial charge is 0.408 e. The number of para-hydroxylation sites is 2. The molecule has 7 atom stereocenters. The van der Waals surface area contributed by atoms with Gasteiger partial charge in [0.1, 0.15) is 18.2 Å². The Balaban J connectivity index is 1.25. The highest BCUT2D eigenvalue weighted by molar-refractivity contribution is 7.90. The Morgan fingerprint density at radius 2 is 1.73 bits per heavy atom. The van der Waals surface area contributed by atoms with Gasteiger partial charge in [-0.2, -0.15) is 8.78 Å². The second-order valence-electron chi connectivity index (χ2n) is 16.8.